The Morgan fingerprint density at radius 3 is 2.56 bits per heavy atom. The first-order valence-corrected chi connectivity index (χ1v) is 5.96. The molecule has 0 aliphatic heterocycles. The van der Waals surface area contributed by atoms with Crippen LogP contribution in [0.2, 0.25) is 0 Å². The highest BCUT2D eigenvalue weighted by Gasteiger charge is 2.68. The van der Waals surface area contributed by atoms with Crippen molar-refractivity contribution in [3.05, 3.63) is 34.1 Å². The second-order valence-electron chi connectivity index (χ2n) is 3.64. The number of halogens is 4. The zero-order valence-electron chi connectivity index (χ0n) is 7.75. The second kappa shape index (κ2) is 3.86. The topological polar surface area (TPSA) is 37.3 Å². The monoisotopic (exact) mass is 326 g/mol. The van der Waals surface area contributed by atoms with E-state index in [1.807, 2.05) is 0 Å². The molecule has 1 aliphatic carbocycles. The molecular formula is C10H6BrCl2FO2. The van der Waals surface area contributed by atoms with E-state index in [1.54, 1.807) is 0 Å². The lowest BCUT2D eigenvalue weighted by Gasteiger charge is -2.01. The molecule has 16 heavy (non-hydrogen) atoms. The van der Waals surface area contributed by atoms with Gasteiger partial charge >= 0.3 is 5.97 Å². The highest BCUT2D eigenvalue weighted by Crippen LogP contribution is 2.65. The van der Waals surface area contributed by atoms with Gasteiger partial charge in [0.1, 0.15) is 10.2 Å². The fraction of sp³-hybridized carbons (Fsp3) is 0.300. The van der Waals surface area contributed by atoms with Crippen molar-refractivity contribution < 1.29 is 14.3 Å². The number of hydrogen-bond donors (Lipinski definition) is 1. The molecule has 1 fully saturated rings. The average molecular weight is 328 g/mol. The smallest absolute Gasteiger partial charge is 0.310 e. The number of rotatable bonds is 2. The molecule has 0 spiro atoms. The SMILES string of the molecule is O=C(O)[C@@H]1[C@@H](c2ccc(F)c(Br)c2)C1(Cl)Cl. The van der Waals surface area contributed by atoms with Crippen LogP contribution in [-0.2, 0) is 4.79 Å². The maximum Gasteiger partial charge on any atom is 0.310 e. The van der Waals surface area contributed by atoms with E-state index in [1.165, 1.54) is 18.2 Å². The van der Waals surface area contributed by atoms with Crippen LogP contribution >= 0.6 is 39.1 Å². The lowest BCUT2D eigenvalue weighted by atomic mass is 10.1. The fourth-order valence-corrected chi connectivity index (χ4v) is 2.97. The Bertz CT molecular complexity index is 464. The molecule has 0 saturated heterocycles. The highest BCUT2D eigenvalue weighted by molar-refractivity contribution is 9.10. The van der Waals surface area contributed by atoms with Crippen LogP contribution in [-0.4, -0.2) is 15.4 Å². The lowest BCUT2D eigenvalue weighted by Crippen LogP contribution is -2.03. The Labute approximate surface area is 109 Å². The van der Waals surface area contributed by atoms with E-state index in [4.69, 9.17) is 28.3 Å². The van der Waals surface area contributed by atoms with E-state index >= 15 is 0 Å². The molecule has 1 aromatic carbocycles. The number of alkyl halides is 2. The molecule has 86 valence electrons. The van der Waals surface area contributed by atoms with E-state index in [2.05, 4.69) is 15.9 Å². The summed E-state index contributed by atoms with van der Waals surface area (Å²) in [6, 6.07) is 4.25. The first-order valence-electron chi connectivity index (χ1n) is 4.41. The van der Waals surface area contributed by atoms with Crippen molar-refractivity contribution in [2.45, 2.75) is 10.3 Å². The Balaban J connectivity index is 2.33. The van der Waals surface area contributed by atoms with E-state index < -0.39 is 28.0 Å². The third-order valence-corrected chi connectivity index (χ3v) is 4.17. The lowest BCUT2D eigenvalue weighted by molar-refractivity contribution is -0.138. The van der Waals surface area contributed by atoms with Gasteiger partial charge in [0, 0.05) is 5.92 Å². The van der Waals surface area contributed by atoms with E-state index in [0.29, 0.717) is 5.56 Å². The maximum absolute atomic E-state index is 13.0. The minimum Gasteiger partial charge on any atom is -0.481 e. The van der Waals surface area contributed by atoms with E-state index in [-0.39, 0.29) is 4.47 Å². The zero-order valence-corrected chi connectivity index (χ0v) is 10.9. The van der Waals surface area contributed by atoms with Gasteiger partial charge in [0.25, 0.3) is 0 Å². The molecule has 2 rings (SSSR count). The van der Waals surface area contributed by atoms with Gasteiger partial charge in [-0.05, 0) is 33.6 Å². The molecule has 0 unspecified atom stereocenters. The van der Waals surface area contributed by atoms with Crippen molar-refractivity contribution in [1.29, 1.82) is 0 Å². The summed E-state index contributed by atoms with van der Waals surface area (Å²) in [5.41, 5.74) is 0.616. The summed E-state index contributed by atoms with van der Waals surface area (Å²) < 4.78 is 12.0. The maximum atomic E-state index is 13.0. The van der Waals surface area contributed by atoms with Gasteiger partial charge in [-0.1, -0.05) is 29.3 Å². The summed E-state index contributed by atoms with van der Waals surface area (Å²) in [6.07, 6.45) is 0. The van der Waals surface area contributed by atoms with Crippen molar-refractivity contribution in [1.82, 2.24) is 0 Å². The minimum atomic E-state index is -1.30. The van der Waals surface area contributed by atoms with Crippen LogP contribution < -0.4 is 0 Å². The van der Waals surface area contributed by atoms with E-state index in [9.17, 15) is 9.18 Å². The van der Waals surface area contributed by atoms with Gasteiger partial charge in [0.2, 0.25) is 0 Å². The van der Waals surface area contributed by atoms with Gasteiger partial charge < -0.3 is 5.11 Å². The molecule has 2 nitrogen and oxygen atoms in total. The third-order valence-electron chi connectivity index (χ3n) is 2.62. The number of hydrogen-bond acceptors (Lipinski definition) is 1. The fourth-order valence-electron chi connectivity index (χ4n) is 1.75. The Morgan fingerprint density at radius 2 is 2.12 bits per heavy atom. The summed E-state index contributed by atoms with van der Waals surface area (Å²) >= 11 is 14.8. The summed E-state index contributed by atoms with van der Waals surface area (Å²) in [6.45, 7) is 0. The summed E-state index contributed by atoms with van der Waals surface area (Å²) in [5, 5.41) is 8.89. The first kappa shape index (κ1) is 12.1. The number of benzene rings is 1. The molecule has 1 N–H and O–H groups in total. The molecule has 0 radical (unpaired) electrons. The number of carboxylic acid groups (broad SMARTS) is 1. The van der Waals surface area contributed by atoms with Gasteiger partial charge in [-0.15, -0.1) is 0 Å². The second-order valence-corrected chi connectivity index (χ2v) is 5.94. The summed E-state index contributed by atoms with van der Waals surface area (Å²) in [4.78, 5) is 10.9. The van der Waals surface area contributed by atoms with Crippen molar-refractivity contribution in [3.63, 3.8) is 0 Å². The van der Waals surface area contributed by atoms with Crippen molar-refractivity contribution in [2.24, 2.45) is 5.92 Å². The standard InChI is InChI=1S/C10H6BrCl2FO2/c11-5-3-4(1-2-6(5)14)7-8(9(15)16)10(7,12)13/h1-3,7-8H,(H,15,16)/t7-,8+/m1/s1. The van der Waals surface area contributed by atoms with Crippen LogP contribution in [0.25, 0.3) is 0 Å². The van der Waals surface area contributed by atoms with Crippen LogP contribution in [0, 0.1) is 11.7 Å². The summed E-state index contributed by atoms with van der Waals surface area (Å²) in [7, 11) is 0. The zero-order chi connectivity index (χ0) is 12.1. The molecule has 0 amide bonds. The highest BCUT2D eigenvalue weighted by atomic mass is 79.9. The van der Waals surface area contributed by atoms with E-state index in [0.717, 1.165) is 0 Å². The first-order chi connectivity index (χ1) is 7.35. The summed E-state index contributed by atoms with van der Waals surface area (Å²) in [5.74, 6) is -2.79. The predicted octanol–water partition coefficient (Wildman–Crippen LogP) is 3.56. The predicted molar refractivity (Wildman–Crippen MR) is 62.4 cm³/mol. The quantitative estimate of drug-likeness (QED) is 0.843. The van der Waals surface area contributed by atoms with Crippen molar-refractivity contribution in [3.8, 4) is 0 Å². The normalized spacial score (nSPS) is 26.5. The molecule has 0 bridgehead atoms. The Hall–Kier alpha value is -0.320. The van der Waals surface area contributed by atoms with Gasteiger partial charge in [-0.25, -0.2) is 4.39 Å². The third kappa shape index (κ3) is 1.83. The van der Waals surface area contributed by atoms with Gasteiger partial charge in [-0.2, -0.15) is 0 Å². The van der Waals surface area contributed by atoms with Gasteiger partial charge in [-0.3, -0.25) is 4.79 Å². The molecular weight excluding hydrogens is 322 g/mol. The van der Waals surface area contributed by atoms with Crippen LogP contribution in [0.4, 0.5) is 4.39 Å². The molecule has 1 aliphatic rings. The molecule has 1 saturated carbocycles. The number of aliphatic carboxylic acids is 1. The van der Waals surface area contributed by atoms with Gasteiger partial charge in [0.15, 0.2) is 0 Å². The van der Waals surface area contributed by atoms with Gasteiger partial charge in [0.05, 0.1) is 10.4 Å². The van der Waals surface area contributed by atoms with Crippen LogP contribution in [0.15, 0.2) is 22.7 Å². The number of carboxylic acids is 1. The molecule has 0 heterocycles. The Morgan fingerprint density at radius 1 is 1.50 bits per heavy atom. The number of carbonyl (C=O) groups is 1. The van der Waals surface area contributed by atoms with Crippen LogP contribution in [0.5, 0.6) is 0 Å². The largest absolute Gasteiger partial charge is 0.481 e. The van der Waals surface area contributed by atoms with Crippen LogP contribution in [0.1, 0.15) is 11.5 Å². The molecule has 0 aromatic heterocycles. The van der Waals surface area contributed by atoms with Crippen molar-refractivity contribution >= 4 is 45.1 Å². The molecule has 1 aromatic rings. The molecule has 2 atom stereocenters. The van der Waals surface area contributed by atoms with Crippen molar-refractivity contribution in [2.75, 3.05) is 0 Å². The Kier molecular flexibility index (Phi) is 2.93. The average Bonchev–Trinajstić information content (AvgIpc) is 2.74. The molecule has 6 heteroatoms. The minimum absolute atomic E-state index is 0.269. The van der Waals surface area contributed by atoms with Crippen LogP contribution in [0.3, 0.4) is 0 Å².